The lowest BCUT2D eigenvalue weighted by atomic mass is 10.0. The number of likely N-dealkylation sites (tertiary alicyclic amines) is 1. The van der Waals surface area contributed by atoms with Crippen molar-refractivity contribution in [3.05, 3.63) is 0 Å². The molecule has 1 aliphatic rings. The van der Waals surface area contributed by atoms with E-state index in [-0.39, 0.29) is 0 Å². The number of rotatable bonds is 2. The van der Waals surface area contributed by atoms with Gasteiger partial charge in [0, 0.05) is 19.2 Å². The summed E-state index contributed by atoms with van der Waals surface area (Å²) >= 11 is 0. The van der Waals surface area contributed by atoms with Crippen LogP contribution >= 0.6 is 0 Å². The lowest BCUT2D eigenvalue weighted by molar-refractivity contribution is 0.153. The van der Waals surface area contributed by atoms with Gasteiger partial charge in [-0.25, -0.2) is 0 Å². The Hall–Kier alpha value is -0.0800. The molecule has 0 radical (unpaired) electrons. The van der Waals surface area contributed by atoms with Gasteiger partial charge >= 0.3 is 0 Å². The maximum absolute atomic E-state index is 9.09. The van der Waals surface area contributed by atoms with E-state index in [0.29, 0.717) is 18.6 Å². The quantitative estimate of drug-likeness (QED) is 0.680. The number of aliphatic hydroxyl groups excluding tert-OH is 1. The van der Waals surface area contributed by atoms with E-state index in [1.807, 2.05) is 0 Å². The van der Waals surface area contributed by atoms with Gasteiger partial charge in [0.05, 0.1) is 0 Å². The normalized spacial score (nSPS) is 27.5. The van der Waals surface area contributed by atoms with Crippen LogP contribution in [0.5, 0.6) is 0 Å². The van der Waals surface area contributed by atoms with Crippen LogP contribution in [0.25, 0.3) is 0 Å². The van der Waals surface area contributed by atoms with E-state index in [2.05, 4.69) is 18.7 Å². The Balaban J connectivity index is 2.42. The number of hydrogen-bond acceptors (Lipinski definition) is 2. The monoisotopic (exact) mass is 171 g/mol. The highest BCUT2D eigenvalue weighted by Crippen LogP contribution is 2.17. The highest BCUT2D eigenvalue weighted by Gasteiger charge is 2.18. The molecule has 0 bridgehead atoms. The summed E-state index contributed by atoms with van der Waals surface area (Å²) < 4.78 is 0. The van der Waals surface area contributed by atoms with Crippen LogP contribution < -0.4 is 0 Å². The average molecular weight is 171 g/mol. The van der Waals surface area contributed by atoms with Crippen LogP contribution in [0.2, 0.25) is 0 Å². The maximum Gasteiger partial charge on any atom is 0.0471 e. The highest BCUT2D eigenvalue weighted by atomic mass is 16.3. The SMILES string of the molecule is CC(C)N1CCCCC(CO)C1. The summed E-state index contributed by atoms with van der Waals surface area (Å²) in [6, 6.07) is 0.636. The lowest BCUT2D eigenvalue weighted by Gasteiger charge is -2.26. The predicted molar refractivity (Wildman–Crippen MR) is 51.1 cm³/mol. The minimum absolute atomic E-state index is 0.364. The summed E-state index contributed by atoms with van der Waals surface area (Å²) in [5, 5.41) is 9.09. The fourth-order valence-electron chi connectivity index (χ4n) is 1.88. The molecule has 0 spiro atoms. The Labute approximate surface area is 75.6 Å². The Morgan fingerprint density at radius 3 is 2.75 bits per heavy atom. The molecule has 1 atom stereocenters. The van der Waals surface area contributed by atoms with E-state index in [0.717, 1.165) is 6.54 Å². The summed E-state index contributed by atoms with van der Waals surface area (Å²) in [5.74, 6) is 0.523. The van der Waals surface area contributed by atoms with Crippen LogP contribution in [-0.2, 0) is 0 Å². The maximum atomic E-state index is 9.09. The third-order valence-electron chi connectivity index (χ3n) is 2.79. The van der Waals surface area contributed by atoms with Gasteiger partial charge in [0.25, 0.3) is 0 Å². The highest BCUT2D eigenvalue weighted by molar-refractivity contribution is 4.72. The molecular formula is C10H21NO. The molecule has 2 nitrogen and oxygen atoms in total. The molecule has 1 rings (SSSR count). The molecule has 1 N–H and O–H groups in total. The van der Waals surface area contributed by atoms with Gasteiger partial charge < -0.3 is 10.0 Å². The van der Waals surface area contributed by atoms with Gasteiger partial charge in [-0.15, -0.1) is 0 Å². The second kappa shape index (κ2) is 4.83. The minimum Gasteiger partial charge on any atom is -0.396 e. The zero-order chi connectivity index (χ0) is 8.97. The second-order valence-corrected chi connectivity index (χ2v) is 4.13. The Kier molecular flexibility index (Phi) is 4.02. The van der Waals surface area contributed by atoms with Gasteiger partial charge in [0.1, 0.15) is 0 Å². The largest absolute Gasteiger partial charge is 0.396 e. The molecule has 0 aliphatic carbocycles. The summed E-state index contributed by atoms with van der Waals surface area (Å²) in [6.45, 7) is 7.14. The first-order chi connectivity index (χ1) is 5.74. The van der Waals surface area contributed by atoms with Gasteiger partial charge in [-0.3, -0.25) is 0 Å². The number of nitrogens with zero attached hydrogens (tertiary/aromatic N) is 1. The average Bonchev–Trinajstić information content (AvgIpc) is 2.28. The first-order valence-electron chi connectivity index (χ1n) is 5.09. The molecule has 72 valence electrons. The second-order valence-electron chi connectivity index (χ2n) is 4.13. The molecule has 1 heterocycles. The molecule has 1 saturated heterocycles. The van der Waals surface area contributed by atoms with Crippen molar-refractivity contribution in [2.75, 3.05) is 19.7 Å². The first-order valence-corrected chi connectivity index (χ1v) is 5.09. The van der Waals surface area contributed by atoms with Crippen LogP contribution in [0.1, 0.15) is 33.1 Å². The van der Waals surface area contributed by atoms with E-state index in [1.165, 1.54) is 25.8 Å². The number of hydrogen-bond donors (Lipinski definition) is 1. The molecular weight excluding hydrogens is 150 g/mol. The molecule has 2 heteroatoms. The van der Waals surface area contributed by atoms with Crippen molar-refractivity contribution < 1.29 is 5.11 Å². The van der Waals surface area contributed by atoms with E-state index in [1.54, 1.807) is 0 Å². The van der Waals surface area contributed by atoms with Gasteiger partial charge in [-0.1, -0.05) is 6.42 Å². The molecule has 1 fully saturated rings. The van der Waals surface area contributed by atoms with Crippen LogP contribution in [0.3, 0.4) is 0 Å². The van der Waals surface area contributed by atoms with Crippen molar-refractivity contribution in [2.45, 2.75) is 39.2 Å². The molecule has 0 aromatic rings. The molecule has 1 unspecified atom stereocenters. The third-order valence-corrected chi connectivity index (χ3v) is 2.79. The molecule has 0 saturated carbocycles. The smallest absolute Gasteiger partial charge is 0.0471 e. The molecule has 12 heavy (non-hydrogen) atoms. The fourth-order valence-corrected chi connectivity index (χ4v) is 1.88. The molecule has 0 aromatic carbocycles. The van der Waals surface area contributed by atoms with Gasteiger partial charge in [-0.2, -0.15) is 0 Å². The van der Waals surface area contributed by atoms with Crippen molar-refractivity contribution >= 4 is 0 Å². The van der Waals surface area contributed by atoms with Gasteiger partial charge in [-0.05, 0) is 39.2 Å². The van der Waals surface area contributed by atoms with Crippen LogP contribution in [-0.4, -0.2) is 35.7 Å². The van der Waals surface area contributed by atoms with Crippen LogP contribution in [0.4, 0.5) is 0 Å². The van der Waals surface area contributed by atoms with Crippen molar-refractivity contribution in [2.24, 2.45) is 5.92 Å². The Morgan fingerprint density at radius 2 is 2.17 bits per heavy atom. The standard InChI is InChI=1S/C10H21NO/c1-9(2)11-6-4-3-5-10(7-11)8-12/h9-10,12H,3-8H2,1-2H3. The topological polar surface area (TPSA) is 23.5 Å². The molecule has 1 aliphatic heterocycles. The van der Waals surface area contributed by atoms with E-state index in [4.69, 9.17) is 5.11 Å². The van der Waals surface area contributed by atoms with Crippen LogP contribution in [0.15, 0.2) is 0 Å². The first kappa shape index (κ1) is 10.0. The summed E-state index contributed by atoms with van der Waals surface area (Å²) in [6.07, 6.45) is 3.79. The van der Waals surface area contributed by atoms with E-state index >= 15 is 0 Å². The zero-order valence-corrected chi connectivity index (χ0v) is 8.29. The fraction of sp³-hybridized carbons (Fsp3) is 1.00. The van der Waals surface area contributed by atoms with Gasteiger partial charge in [0.2, 0.25) is 0 Å². The Bertz CT molecular complexity index is 125. The van der Waals surface area contributed by atoms with Crippen molar-refractivity contribution in [1.82, 2.24) is 4.90 Å². The number of aliphatic hydroxyl groups is 1. The summed E-state index contributed by atoms with van der Waals surface area (Å²) in [4.78, 5) is 2.48. The van der Waals surface area contributed by atoms with Crippen molar-refractivity contribution in [3.8, 4) is 0 Å². The predicted octanol–water partition coefficient (Wildman–Crippen LogP) is 1.49. The molecule has 0 amide bonds. The van der Waals surface area contributed by atoms with Crippen molar-refractivity contribution in [1.29, 1.82) is 0 Å². The van der Waals surface area contributed by atoms with E-state index < -0.39 is 0 Å². The van der Waals surface area contributed by atoms with Crippen LogP contribution in [0, 0.1) is 5.92 Å². The minimum atomic E-state index is 0.364. The molecule has 0 aromatic heterocycles. The Morgan fingerprint density at radius 1 is 1.42 bits per heavy atom. The zero-order valence-electron chi connectivity index (χ0n) is 8.29. The van der Waals surface area contributed by atoms with E-state index in [9.17, 15) is 0 Å². The third kappa shape index (κ3) is 2.76. The summed E-state index contributed by atoms with van der Waals surface area (Å²) in [5.41, 5.74) is 0. The van der Waals surface area contributed by atoms with Crippen molar-refractivity contribution in [3.63, 3.8) is 0 Å². The lowest BCUT2D eigenvalue weighted by Crippen LogP contribution is -2.35. The van der Waals surface area contributed by atoms with Gasteiger partial charge in [0.15, 0.2) is 0 Å². The summed E-state index contributed by atoms with van der Waals surface area (Å²) in [7, 11) is 0.